The molecule has 0 fully saturated rings. The third-order valence-electron chi connectivity index (χ3n) is 4.79. The number of hydrogen-bond donors (Lipinski definition) is 0. The zero-order chi connectivity index (χ0) is 21.4. The summed E-state index contributed by atoms with van der Waals surface area (Å²) in [5.74, 6) is -0.539. The molecule has 2 aromatic carbocycles. The van der Waals surface area contributed by atoms with Crippen LogP contribution in [0.3, 0.4) is 0 Å². The van der Waals surface area contributed by atoms with Gasteiger partial charge in [0.15, 0.2) is 4.80 Å². The lowest BCUT2D eigenvalue weighted by atomic mass is 9.96. The Labute approximate surface area is 189 Å². The van der Waals surface area contributed by atoms with Gasteiger partial charge in [-0.05, 0) is 42.3 Å². The van der Waals surface area contributed by atoms with Crippen molar-refractivity contribution in [2.45, 2.75) is 13.0 Å². The fraction of sp³-hybridized carbons (Fsp3) is 0.136. The third-order valence-corrected chi connectivity index (χ3v) is 6.65. The first-order valence-corrected chi connectivity index (χ1v) is 11.0. The fourth-order valence-electron chi connectivity index (χ4n) is 3.39. The van der Waals surface area contributed by atoms with Crippen molar-refractivity contribution in [3.63, 3.8) is 0 Å². The number of methoxy groups -OCH3 is 1. The van der Waals surface area contributed by atoms with Crippen LogP contribution in [0.4, 0.5) is 0 Å². The highest BCUT2D eigenvalue weighted by Gasteiger charge is 2.34. The van der Waals surface area contributed by atoms with Gasteiger partial charge in [-0.15, -0.1) is 0 Å². The minimum atomic E-state index is -0.713. The number of ether oxygens (including phenoxy) is 1. The van der Waals surface area contributed by atoms with Gasteiger partial charge in [0.05, 0.1) is 22.9 Å². The number of thiazole rings is 1. The molecule has 1 atom stereocenters. The van der Waals surface area contributed by atoms with E-state index in [2.05, 4.69) is 20.9 Å². The standard InChI is InChI=1S/C22H16BrClN2O3S/c1-12-18(21(28)29-2)19(15-5-3-4-6-16(15)24)26-20(27)17(30-22(26)25-12)11-13-7-9-14(23)10-8-13/h3-11,19H,1-2H3/b17-11+/t19-/m1/s1. The Morgan fingerprint density at radius 3 is 2.60 bits per heavy atom. The highest BCUT2D eigenvalue weighted by molar-refractivity contribution is 9.10. The van der Waals surface area contributed by atoms with Gasteiger partial charge in [-0.1, -0.05) is 69.2 Å². The van der Waals surface area contributed by atoms with E-state index in [4.69, 9.17) is 16.3 Å². The Balaban J connectivity index is 2.00. The zero-order valence-electron chi connectivity index (χ0n) is 16.1. The highest BCUT2D eigenvalue weighted by Crippen LogP contribution is 2.34. The van der Waals surface area contributed by atoms with Crippen LogP contribution in [0.5, 0.6) is 0 Å². The molecule has 4 rings (SSSR count). The normalized spacial score (nSPS) is 16.3. The van der Waals surface area contributed by atoms with Gasteiger partial charge in [-0.25, -0.2) is 9.79 Å². The van der Waals surface area contributed by atoms with Crippen molar-refractivity contribution in [2.75, 3.05) is 7.11 Å². The second-order valence-electron chi connectivity index (χ2n) is 6.65. The van der Waals surface area contributed by atoms with Crippen molar-refractivity contribution in [3.8, 4) is 0 Å². The molecule has 0 N–H and O–H groups in total. The molecule has 1 aliphatic heterocycles. The molecule has 0 saturated carbocycles. The van der Waals surface area contributed by atoms with Gasteiger partial charge in [-0.2, -0.15) is 0 Å². The van der Waals surface area contributed by atoms with Gasteiger partial charge in [0.25, 0.3) is 5.56 Å². The van der Waals surface area contributed by atoms with Crippen LogP contribution in [-0.2, 0) is 9.53 Å². The Bertz CT molecular complexity index is 1360. The summed E-state index contributed by atoms with van der Waals surface area (Å²) in [5, 5.41) is 0.459. The molecule has 0 bridgehead atoms. The van der Waals surface area contributed by atoms with E-state index in [0.717, 1.165) is 10.0 Å². The average Bonchev–Trinajstić information content (AvgIpc) is 3.03. The molecule has 30 heavy (non-hydrogen) atoms. The van der Waals surface area contributed by atoms with Crippen LogP contribution in [-0.4, -0.2) is 17.6 Å². The number of benzene rings is 2. The summed E-state index contributed by atoms with van der Waals surface area (Å²) in [7, 11) is 1.31. The largest absolute Gasteiger partial charge is 0.466 e. The van der Waals surface area contributed by atoms with Crippen molar-refractivity contribution >= 4 is 50.9 Å². The molecule has 1 aromatic heterocycles. The van der Waals surface area contributed by atoms with E-state index in [9.17, 15) is 9.59 Å². The molecular weight excluding hydrogens is 488 g/mol. The maximum atomic E-state index is 13.4. The number of nitrogens with zero attached hydrogens (tertiary/aromatic N) is 2. The minimum Gasteiger partial charge on any atom is -0.466 e. The van der Waals surface area contributed by atoms with E-state index in [1.807, 2.05) is 36.4 Å². The Morgan fingerprint density at radius 2 is 1.93 bits per heavy atom. The molecule has 2 heterocycles. The number of carbonyl (C=O) groups is 1. The number of hydrogen-bond acceptors (Lipinski definition) is 5. The average molecular weight is 504 g/mol. The van der Waals surface area contributed by atoms with Crippen LogP contribution in [0, 0.1) is 0 Å². The molecule has 0 saturated heterocycles. The smallest absolute Gasteiger partial charge is 0.338 e. The molecule has 0 radical (unpaired) electrons. The van der Waals surface area contributed by atoms with Crippen LogP contribution in [0.15, 0.2) is 74.1 Å². The van der Waals surface area contributed by atoms with Crippen LogP contribution in [0.25, 0.3) is 6.08 Å². The zero-order valence-corrected chi connectivity index (χ0v) is 19.2. The lowest BCUT2D eigenvalue weighted by molar-refractivity contribution is -0.136. The van der Waals surface area contributed by atoms with E-state index in [1.54, 1.807) is 25.1 Å². The summed E-state index contributed by atoms with van der Waals surface area (Å²) in [4.78, 5) is 31.1. The van der Waals surface area contributed by atoms with Gasteiger partial charge < -0.3 is 4.74 Å². The second kappa shape index (κ2) is 8.34. The van der Waals surface area contributed by atoms with Crippen molar-refractivity contribution < 1.29 is 9.53 Å². The van der Waals surface area contributed by atoms with E-state index < -0.39 is 12.0 Å². The van der Waals surface area contributed by atoms with Crippen LogP contribution in [0.2, 0.25) is 5.02 Å². The van der Waals surface area contributed by atoms with Gasteiger partial charge in [0.2, 0.25) is 0 Å². The van der Waals surface area contributed by atoms with Gasteiger partial charge in [-0.3, -0.25) is 9.36 Å². The molecule has 8 heteroatoms. The van der Waals surface area contributed by atoms with Gasteiger partial charge in [0, 0.05) is 9.50 Å². The number of fused-ring (bicyclic) bond motifs is 1. The van der Waals surface area contributed by atoms with E-state index in [0.29, 0.717) is 31.2 Å². The topological polar surface area (TPSA) is 60.7 Å². The third kappa shape index (κ3) is 3.69. The molecule has 5 nitrogen and oxygen atoms in total. The lowest BCUT2D eigenvalue weighted by Crippen LogP contribution is -2.39. The number of esters is 1. The first-order valence-electron chi connectivity index (χ1n) is 9.01. The number of carbonyl (C=O) groups excluding carboxylic acids is 1. The maximum absolute atomic E-state index is 13.4. The highest BCUT2D eigenvalue weighted by atomic mass is 79.9. The number of rotatable bonds is 3. The summed E-state index contributed by atoms with van der Waals surface area (Å²) in [6, 6.07) is 14.1. The van der Waals surface area contributed by atoms with E-state index in [-0.39, 0.29) is 5.56 Å². The number of aromatic nitrogens is 1. The van der Waals surface area contributed by atoms with Gasteiger partial charge >= 0.3 is 5.97 Å². The monoisotopic (exact) mass is 502 g/mol. The summed E-state index contributed by atoms with van der Waals surface area (Å²) in [6.45, 7) is 1.74. The molecule has 0 aliphatic carbocycles. The molecule has 0 spiro atoms. The summed E-state index contributed by atoms with van der Waals surface area (Å²) < 4.78 is 8.00. The molecule has 0 unspecified atom stereocenters. The molecule has 0 amide bonds. The summed E-state index contributed by atoms with van der Waals surface area (Å²) in [6.07, 6.45) is 1.82. The predicted molar refractivity (Wildman–Crippen MR) is 121 cm³/mol. The number of halogens is 2. The Morgan fingerprint density at radius 1 is 1.23 bits per heavy atom. The van der Waals surface area contributed by atoms with Crippen molar-refractivity contribution in [1.29, 1.82) is 0 Å². The fourth-order valence-corrected chi connectivity index (χ4v) is 4.94. The van der Waals surface area contributed by atoms with Crippen molar-refractivity contribution in [2.24, 2.45) is 4.99 Å². The SMILES string of the molecule is COC(=O)C1=C(C)N=c2s/c(=C/c3ccc(Br)cc3)c(=O)n2[C@@H]1c1ccccc1Cl. The van der Waals surface area contributed by atoms with Gasteiger partial charge in [0.1, 0.15) is 6.04 Å². The molecule has 152 valence electrons. The van der Waals surface area contributed by atoms with Crippen molar-refractivity contribution in [3.05, 3.63) is 100 Å². The molecule has 1 aliphatic rings. The molecular formula is C22H16BrClN2O3S. The van der Waals surface area contributed by atoms with E-state index in [1.165, 1.54) is 23.0 Å². The summed E-state index contributed by atoms with van der Waals surface area (Å²) in [5.41, 5.74) is 2.10. The van der Waals surface area contributed by atoms with Crippen LogP contribution >= 0.6 is 38.9 Å². The first kappa shape index (κ1) is 20.8. The van der Waals surface area contributed by atoms with E-state index >= 15 is 0 Å². The number of allylic oxidation sites excluding steroid dienone is 1. The maximum Gasteiger partial charge on any atom is 0.338 e. The quantitative estimate of drug-likeness (QED) is 0.511. The first-order chi connectivity index (χ1) is 14.4. The predicted octanol–water partition coefficient (Wildman–Crippen LogP) is 3.82. The van der Waals surface area contributed by atoms with Crippen LogP contribution < -0.4 is 14.9 Å². The summed E-state index contributed by atoms with van der Waals surface area (Å²) >= 11 is 11.1. The van der Waals surface area contributed by atoms with Crippen molar-refractivity contribution in [1.82, 2.24) is 4.57 Å². The lowest BCUT2D eigenvalue weighted by Gasteiger charge is -2.25. The second-order valence-corrected chi connectivity index (χ2v) is 8.98. The molecule has 3 aromatic rings. The minimum absolute atomic E-state index is 0.236. The van der Waals surface area contributed by atoms with Crippen LogP contribution in [0.1, 0.15) is 24.1 Å². The Hall–Kier alpha value is -2.48. The Kier molecular flexibility index (Phi) is 5.77.